The number of rotatable bonds is 9. The Morgan fingerprint density at radius 2 is 1.67 bits per heavy atom. The van der Waals surface area contributed by atoms with Crippen LogP contribution in [0.25, 0.3) is 0 Å². The maximum atomic E-state index is 12.9. The van der Waals surface area contributed by atoms with E-state index in [-0.39, 0.29) is 17.6 Å². The summed E-state index contributed by atoms with van der Waals surface area (Å²) in [6.07, 6.45) is 0.830. The number of nitrogens with zero attached hydrogens (tertiary/aromatic N) is 2. The molecular weight excluding hydrogens is 440 g/mol. The van der Waals surface area contributed by atoms with Crippen molar-refractivity contribution in [1.29, 1.82) is 0 Å². The van der Waals surface area contributed by atoms with E-state index in [4.69, 9.17) is 0 Å². The van der Waals surface area contributed by atoms with Gasteiger partial charge in [-0.2, -0.15) is 4.31 Å². The second-order valence-corrected chi connectivity index (χ2v) is 10.3. The van der Waals surface area contributed by atoms with Gasteiger partial charge < -0.3 is 10.6 Å². The van der Waals surface area contributed by atoms with Crippen LogP contribution in [0.1, 0.15) is 46.5 Å². The number of hydrogen-bond acceptors (Lipinski definition) is 5. The highest BCUT2D eigenvalue weighted by Gasteiger charge is 2.25. The molecule has 1 aliphatic rings. The maximum absolute atomic E-state index is 12.9. The first-order chi connectivity index (χ1) is 15.8. The summed E-state index contributed by atoms with van der Waals surface area (Å²) >= 11 is 0. The van der Waals surface area contributed by atoms with Crippen LogP contribution in [0.3, 0.4) is 0 Å². The number of carbonyl (C=O) groups excluding carboxylic acids is 2. The third-order valence-corrected chi connectivity index (χ3v) is 7.52. The molecule has 2 N–H and O–H groups in total. The maximum Gasteiger partial charge on any atom is 0.255 e. The van der Waals surface area contributed by atoms with Gasteiger partial charge in [0.05, 0.1) is 17.0 Å². The summed E-state index contributed by atoms with van der Waals surface area (Å²) in [5.74, 6) is -0.384. The highest BCUT2D eigenvalue weighted by Crippen LogP contribution is 2.18. The minimum Gasteiger partial charge on any atom is -0.352 e. The van der Waals surface area contributed by atoms with Crippen LogP contribution in [0.2, 0.25) is 0 Å². The molecule has 8 nitrogen and oxygen atoms in total. The average molecular weight is 473 g/mol. The summed E-state index contributed by atoms with van der Waals surface area (Å²) in [5, 5.41) is 5.69. The number of nitrogens with one attached hydrogen (secondary N) is 2. The van der Waals surface area contributed by atoms with Crippen LogP contribution < -0.4 is 10.6 Å². The van der Waals surface area contributed by atoms with Crippen LogP contribution in [0.15, 0.2) is 48.5 Å². The molecule has 1 aliphatic heterocycles. The first kappa shape index (κ1) is 24.9. The summed E-state index contributed by atoms with van der Waals surface area (Å²) in [6.45, 7) is 7.10. The van der Waals surface area contributed by atoms with Gasteiger partial charge in [0.15, 0.2) is 0 Å². The van der Waals surface area contributed by atoms with Crippen molar-refractivity contribution >= 4 is 27.5 Å². The number of piperazine rings is 1. The molecule has 0 unspecified atom stereocenters. The fourth-order valence-corrected chi connectivity index (χ4v) is 4.82. The number of hydrogen-bond donors (Lipinski definition) is 2. The third kappa shape index (κ3) is 6.63. The molecule has 2 amide bonds. The Morgan fingerprint density at radius 3 is 2.36 bits per heavy atom. The first-order valence-corrected chi connectivity index (χ1v) is 12.9. The summed E-state index contributed by atoms with van der Waals surface area (Å²) in [6, 6.07) is 14.3. The van der Waals surface area contributed by atoms with Gasteiger partial charge in [-0.25, -0.2) is 8.42 Å². The molecule has 1 heterocycles. The van der Waals surface area contributed by atoms with Crippen LogP contribution in [-0.2, 0) is 16.6 Å². The summed E-state index contributed by atoms with van der Waals surface area (Å²) < 4.78 is 25.6. The van der Waals surface area contributed by atoms with E-state index in [9.17, 15) is 18.0 Å². The van der Waals surface area contributed by atoms with Gasteiger partial charge in [0.1, 0.15) is 0 Å². The Balaban J connectivity index is 1.64. The molecule has 0 aliphatic carbocycles. The third-order valence-electron chi connectivity index (χ3n) is 5.64. The van der Waals surface area contributed by atoms with Crippen molar-refractivity contribution in [2.24, 2.45) is 0 Å². The molecule has 2 aromatic carbocycles. The lowest BCUT2D eigenvalue weighted by Gasteiger charge is -2.33. The van der Waals surface area contributed by atoms with E-state index in [1.807, 2.05) is 25.1 Å². The summed E-state index contributed by atoms with van der Waals surface area (Å²) in [7, 11) is -3.16. The fraction of sp³-hybridized carbons (Fsp3) is 0.417. The molecule has 0 spiro atoms. The molecule has 0 saturated carbocycles. The minimum absolute atomic E-state index is 0.119. The quantitative estimate of drug-likeness (QED) is 0.584. The molecule has 3 rings (SSSR count). The Morgan fingerprint density at radius 1 is 0.939 bits per heavy atom. The molecule has 1 saturated heterocycles. The Hall–Kier alpha value is -2.75. The highest BCUT2D eigenvalue weighted by molar-refractivity contribution is 7.89. The van der Waals surface area contributed by atoms with Gasteiger partial charge in [0.2, 0.25) is 10.0 Å². The predicted molar refractivity (Wildman–Crippen MR) is 130 cm³/mol. The average Bonchev–Trinajstić information content (AvgIpc) is 2.83. The number of anilines is 1. The molecule has 9 heteroatoms. The first-order valence-electron chi connectivity index (χ1n) is 11.3. The molecule has 0 atom stereocenters. The van der Waals surface area contributed by atoms with E-state index in [0.717, 1.165) is 12.0 Å². The number of sulfonamides is 1. The monoisotopic (exact) mass is 472 g/mol. The molecule has 2 aromatic rings. The van der Waals surface area contributed by atoms with Gasteiger partial charge in [-0.3, -0.25) is 14.5 Å². The van der Waals surface area contributed by atoms with Crippen molar-refractivity contribution in [3.63, 3.8) is 0 Å². The van der Waals surface area contributed by atoms with Crippen molar-refractivity contribution < 1.29 is 18.0 Å². The normalized spacial score (nSPS) is 15.2. The number of benzene rings is 2. The van der Waals surface area contributed by atoms with Gasteiger partial charge in [-0.15, -0.1) is 0 Å². The van der Waals surface area contributed by atoms with Crippen molar-refractivity contribution in [3.8, 4) is 0 Å². The van der Waals surface area contributed by atoms with E-state index in [0.29, 0.717) is 56.1 Å². The van der Waals surface area contributed by atoms with Crippen molar-refractivity contribution in [2.75, 3.05) is 43.8 Å². The molecule has 33 heavy (non-hydrogen) atoms. The summed E-state index contributed by atoms with van der Waals surface area (Å²) in [5.41, 5.74) is 2.37. The topological polar surface area (TPSA) is 98.8 Å². The zero-order chi connectivity index (χ0) is 23.8. The minimum atomic E-state index is -3.16. The smallest absolute Gasteiger partial charge is 0.255 e. The predicted octanol–water partition coefficient (Wildman–Crippen LogP) is 2.55. The van der Waals surface area contributed by atoms with Crippen molar-refractivity contribution in [3.05, 3.63) is 65.2 Å². The molecule has 0 bridgehead atoms. The lowest BCUT2D eigenvalue weighted by atomic mass is 10.1. The SMILES string of the molecule is CCCNC(=O)c1ccccc1NC(=O)c1cccc(CN2CCN(S(=O)(=O)CC)CC2)c1. The van der Waals surface area contributed by atoms with Gasteiger partial charge >= 0.3 is 0 Å². The van der Waals surface area contributed by atoms with Crippen LogP contribution in [-0.4, -0.2) is 67.9 Å². The zero-order valence-corrected chi connectivity index (χ0v) is 20.0. The van der Waals surface area contributed by atoms with E-state index in [1.54, 1.807) is 41.6 Å². The molecular formula is C24H32N4O4S. The van der Waals surface area contributed by atoms with Crippen molar-refractivity contribution in [1.82, 2.24) is 14.5 Å². The second-order valence-electron chi connectivity index (χ2n) is 8.03. The van der Waals surface area contributed by atoms with E-state index >= 15 is 0 Å². The number of amides is 2. The Bertz CT molecular complexity index is 1080. The van der Waals surface area contributed by atoms with Crippen LogP contribution in [0.4, 0.5) is 5.69 Å². The van der Waals surface area contributed by atoms with Gasteiger partial charge in [0, 0.05) is 44.8 Å². The number of carbonyl (C=O) groups is 2. The van der Waals surface area contributed by atoms with E-state index < -0.39 is 10.0 Å². The van der Waals surface area contributed by atoms with Crippen molar-refractivity contribution in [2.45, 2.75) is 26.8 Å². The Kier molecular flexibility index (Phi) is 8.60. The lowest BCUT2D eigenvalue weighted by molar-refractivity contribution is 0.0954. The molecule has 178 valence electrons. The van der Waals surface area contributed by atoms with Gasteiger partial charge in [-0.1, -0.05) is 31.2 Å². The molecule has 1 fully saturated rings. The molecule has 0 aromatic heterocycles. The van der Waals surface area contributed by atoms with Gasteiger partial charge in [-0.05, 0) is 43.2 Å². The zero-order valence-electron chi connectivity index (χ0n) is 19.2. The Labute approximate surface area is 196 Å². The standard InChI is InChI=1S/C24H32N4O4S/c1-3-12-25-24(30)21-10-5-6-11-22(21)26-23(29)20-9-7-8-19(17-20)18-27-13-15-28(16-14-27)33(31,32)4-2/h5-11,17H,3-4,12-16,18H2,1-2H3,(H,25,30)(H,26,29). The lowest BCUT2D eigenvalue weighted by Crippen LogP contribution is -2.48. The second kappa shape index (κ2) is 11.4. The summed E-state index contributed by atoms with van der Waals surface area (Å²) in [4.78, 5) is 27.5. The number of para-hydroxylation sites is 1. The highest BCUT2D eigenvalue weighted by atomic mass is 32.2. The van der Waals surface area contributed by atoms with Crippen LogP contribution in [0, 0.1) is 0 Å². The molecule has 0 radical (unpaired) electrons. The largest absolute Gasteiger partial charge is 0.352 e. The van der Waals surface area contributed by atoms with Gasteiger partial charge in [0.25, 0.3) is 11.8 Å². The van der Waals surface area contributed by atoms with Crippen LogP contribution >= 0.6 is 0 Å². The fourth-order valence-electron chi connectivity index (χ4n) is 3.74. The van der Waals surface area contributed by atoms with E-state index in [2.05, 4.69) is 15.5 Å². The van der Waals surface area contributed by atoms with E-state index in [1.165, 1.54) is 0 Å². The van der Waals surface area contributed by atoms with Crippen LogP contribution in [0.5, 0.6) is 0 Å².